The minimum atomic E-state index is -0.0491. The van der Waals surface area contributed by atoms with Crippen LogP contribution in [0.25, 0.3) is 5.52 Å². The van der Waals surface area contributed by atoms with E-state index in [0.29, 0.717) is 36.5 Å². The highest BCUT2D eigenvalue weighted by Crippen LogP contribution is 2.24. The largest absolute Gasteiger partial charge is 0.383 e. The number of rotatable bonds is 21. The number of amides is 1. The molecule has 4 aromatic rings. The molecule has 0 aliphatic rings. The third-order valence-electron chi connectivity index (χ3n) is 8.99. The lowest BCUT2D eigenvalue weighted by Crippen LogP contribution is -2.33. The number of aromatic nitrogens is 1. The molecular weight excluding hydrogens is 582 g/mol. The number of hydrogen-bond acceptors (Lipinski definition) is 4. The normalized spacial score (nSPS) is 11.4. The zero-order valence-corrected chi connectivity index (χ0v) is 29.2. The van der Waals surface area contributed by atoms with Gasteiger partial charge in [-0.3, -0.25) is 9.59 Å². The second kappa shape index (κ2) is 19.2. The molecule has 2 aromatic carbocycles. The van der Waals surface area contributed by atoms with E-state index >= 15 is 0 Å². The van der Waals surface area contributed by atoms with Crippen molar-refractivity contribution >= 4 is 17.2 Å². The van der Waals surface area contributed by atoms with Crippen molar-refractivity contribution in [3.05, 3.63) is 113 Å². The van der Waals surface area contributed by atoms with Crippen LogP contribution in [0, 0.1) is 0 Å². The lowest BCUT2D eigenvalue weighted by Gasteiger charge is -2.23. The van der Waals surface area contributed by atoms with Crippen LogP contribution < -0.4 is 0 Å². The molecule has 6 nitrogen and oxygen atoms in total. The number of benzene rings is 2. The van der Waals surface area contributed by atoms with E-state index in [-0.39, 0.29) is 11.7 Å². The predicted molar refractivity (Wildman–Crippen MR) is 194 cm³/mol. The summed E-state index contributed by atoms with van der Waals surface area (Å²) in [5, 5.41) is 0. The standard InChI is InChI=1S/C41H55N3O3/c1-5-8-18-36-30-38-31-37(41(46)43(28-29-47-4)32-34-15-12-11-13-16-34)23-27-44(38)39(36)40(45)35-21-19-33(20-22-35)17-14-26-42(24-9-6-2)25-10-7-3/h11-13,15-16,19-23,27,30-31H,5-10,14,17-18,24-26,28-29,32H2,1-4H3. The average molecular weight is 638 g/mol. The molecule has 1 amide bonds. The van der Waals surface area contributed by atoms with Crippen molar-refractivity contribution < 1.29 is 14.3 Å². The van der Waals surface area contributed by atoms with E-state index < -0.39 is 0 Å². The lowest BCUT2D eigenvalue weighted by molar-refractivity contribution is 0.0680. The molecule has 0 aliphatic heterocycles. The Morgan fingerprint density at radius 1 is 0.702 bits per heavy atom. The van der Waals surface area contributed by atoms with Crippen LogP contribution in [0.1, 0.15) is 109 Å². The van der Waals surface area contributed by atoms with Crippen molar-refractivity contribution in [1.29, 1.82) is 0 Å². The molecule has 0 bridgehead atoms. The SMILES string of the molecule is CCCCc1cc2cc(C(=O)N(CCOC)Cc3ccccc3)ccn2c1C(=O)c1ccc(CCCN(CCCC)CCCC)cc1. The Bertz CT molecular complexity index is 1520. The maximum absolute atomic E-state index is 14.1. The molecule has 0 saturated heterocycles. The number of fused-ring (bicyclic) bond motifs is 1. The number of hydrogen-bond donors (Lipinski definition) is 0. The van der Waals surface area contributed by atoms with E-state index in [2.05, 4.69) is 43.9 Å². The van der Waals surface area contributed by atoms with E-state index in [1.807, 2.05) is 70.1 Å². The van der Waals surface area contributed by atoms with Gasteiger partial charge in [0.2, 0.25) is 5.78 Å². The van der Waals surface area contributed by atoms with Gasteiger partial charge < -0.3 is 18.9 Å². The average Bonchev–Trinajstić information content (AvgIpc) is 3.47. The van der Waals surface area contributed by atoms with Crippen molar-refractivity contribution in [1.82, 2.24) is 14.2 Å². The van der Waals surface area contributed by atoms with E-state index in [0.717, 1.165) is 55.3 Å². The summed E-state index contributed by atoms with van der Waals surface area (Å²) in [5.74, 6) is -0.0233. The van der Waals surface area contributed by atoms with Crippen LogP contribution in [0.3, 0.4) is 0 Å². The van der Waals surface area contributed by atoms with Crippen molar-refractivity contribution in [3.8, 4) is 0 Å². The molecule has 47 heavy (non-hydrogen) atoms. The number of pyridine rings is 1. The molecule has 2 heterocycles. The molecular formula is C41H55N3O3. The zero-order chi connectivity index (χ0) is 33.4. The van der Waals surface area contributed by atoms with Crippen molar-refractivity contribution in [2.45, 2.75) is 85.1 Å². The first kappa shape index (κ1) is 36.1. The summed E-state index contributed by atoms with van der Waals surface area (Å²) < 4.78 is 7.28. The van der Waals surface area contributed by atoms with Gasteiger partial charge in [-0.2, -0.15) is 0 Å². The summed E-state index contributed by atoms with van der Waals surface area (Å²) >= 11 is 0. The third kappa shape index (κ3) is 10.4. The molecule has 0 radical (unpaired) electrons. The van der Waals surface area contributed by atoms with Crippen LogP contribution in [-0.4, -0.2) is 65.8 Å². The molecule has 0 fully saturated rings. The summed E-state index contributed by atoms with van der Waals surface area (Å²) in [4.78, 5) is 32.2. The minimum absolute atomic E-state index is 0.0258. The topological polar surface area (TPSA) is 54.3 Å². The lowest BCUT2D eigenvalue weighted by atomic mass is 10.00. The van der Waals surface area contributed by atoms with Gasteiger partial charge in [0, 0.05) is 43.0 Å². The first-order valence-corrected chi connectivity index (χ1v) is 17.8. The van der Waals surface area contributed by atoms with Crippen LogP contribution >= 0.6 is 0 Å². The number of methoxy groups -OCH3 is 1. The van der Waals surface area contributed by atoms with Gasteiger partial charge in [-0.25, -0.2) is 0 Å². The molecule has 2 aromatic heterocycles. The van der Waals surface area contributed by atoms with Crippen molar-refractivity contribution in [3.63, 3.8) is 0 Å². The van der Waals surface area contributed by atoms with Gasteiger partial charge >= 0.3 is 0 Å². The van der Waals surface area contributed by atoms with Gasteiger partial charge in [0.15, 0.2) is 0 Å². The number of ketones is 1. The molecule has 0 spiro atoms. The van der Waals surface area contributed by atoms with Crippen molar-refractivity contribution in [2.24, 2.45) is 0 Å². The molecule has 252 valence electrons. The molecule has 6 heteroatoms. The Balaban J connectivity index is 1.52. The maximum atomic E-state index is 14.1. The predicted octanol–water partition coefficient (Wildman–Crippen LogP) is 8.64. The van der Waals surface area contributed by atoms with Gasteiger partial charge in [0.25, 0.3) is 5.91 Å². The molecule has 0 N–H and O–H groups in total. The summed E-state index contributed by atoms with van der Waals surface area (Å²) in [6.45, 7) is 11.6. The van der Waals surface area contributed by atoms with Gasteiger partial charge in [0.05, 0.1) is 12.3 Å². The number of ether oxygens (including phenoxy) is 1. The van der Waals surface area contributed by atoms with Crippen LogP contribution in [0.15, 0.2) is 79.0 Å². The van der Waals surface area contributed by atoms with Gasteiger partial charge in [-0.15, -0.1) is 0 Å². The fourth-order valence-electron chi connectivity index (χ4n) is 6.19. The fourth-order valence-corrected chi connectivity index (χ4v) is 6.19. The van der Waals surface area contributed by atoms with Gasteiger partial charge in [-0.1, -0.05) is 94.6 Å². The molecule has 0 unspecified atom stereocenters. The summed E-state index contributed by atoms with van der Waals surface area (Å²) in [6.07, 6.45) is 11.9. The van der Waals surface area contributed by atoms with E-state index in [1.165, 1.54) is 44.3 Å². The molecule has 0 aliphatic carbocycles. The summed E-state index contributed by atoms with van der Waals surface area (Å²) in [6, 6.07) is 24.1. The Morgan fingerprint density at radius 3 is 2.04 bits per heavy atom. The maximum Gasteiger partial charge on any atom is 0.254 e. The van der Waals surface area contributed by atoms with Gasteiger partial charge in [0.1, 0.15) is 0 Å². The number of aryl methyl sites for hydroxylation is 2. The van der Waals surface area contributed by atoms with E-state index in [9.17, 15) is 9.59 Å². The molecule has 0 saturated carbocycles. The van der Waals surface area contributed by atoms with E-state index in [1.54, 1.807) is 7.11 Å². The van der Waals surface area contributed by atoms with Crippen LogP contribution in [0.2, 0.25) is 0 Å². The number of carbonyl (C=O) groups is 2. The summed E-state index contributed by atoms with van der Waals surface area (Å²) in [7, 11) is 1.65. The first-order valence-electron chi connectivity index (χ1n) is 17.8. The quantitative estimate of drug-likeness (QED) is 0.0859. The van der Waals surface area contributed by atoms with E-state index in [4.69, 9.17) is 4.74 Å². The minimum Gasteiger partial charge on any atom is -0.383 e. The number of nitrogens with zero attached hydrogens (tertiary/aromatic N) is 3. The Morgan fingerprint density at radius 2 is 1.38 bits per heavy atom. The highest BCUT2D eigenvalue weighted by molar-refractivity contribution is 6.10. The second-order valence-electron chi connectivity index (χ2n) is 12.7. The fraction of sp³-hybridized carbons (Fsp3) is 0.463. The van der Waals surface area contributed by atoms with Crippen LogP contribution in [0.4, 0.5) is 0 Å². The first-order chi connectivity index (χ1) is 23.0. The number of unbranched alkanes of at least 4 members (excludes halogenated alkanes) is 3. The number of carbonyl (C=O) groups excluding carboxylic acids is 2. The zero-order valence-electron chi connectivity index (χ0n) is 29.2. The van der Waals surface area contributed by atoms with Crippen LogP contribution in [-0.2, 0) is 24.1 Å². The smallest absolute Gasteiger partial charge is 0.254 e. The Labute approximate surface area is 282 Å². The monoisotopic (exact) mass is 637 g/mol. The highest BCUT2D eigenvalue weighted by atomic mass is 16.5. The third-order valence-corrected chi connectivity index (χ3v) is 8.99. The Kier molecular flexibility index (Phi) is 14.7. The van der Waals surface area contributed by atoms with Crippen molar-refractivity contribution in [2.75, 3.05) is 39.9 Å². The van der Waals surface area contributed by atoms with Crippen LogP contribution in [0.5, 0.6) is 0 Å². The highest BCUT2D eigenvalue weighted by Gasteiger charge is 2.22. The molecule has 0 atom stereocenters. The Hall–Kier alpha value is -3.74. The molecule has 4 rings (SSSR count). The second-order valence-corrected chi connectivity index (χ2v) is 12.7. The summed E-state index contributed by atoms with van der Waals surface area (Å²) in [5.41, 5.74) is 6.25. The van der Waals surface area contributed by atoms with Gasteiger partial charge in [-0.05, 0) is 93.0 Å².